The van der Waals surface area contributed by atoms with Gasteiger partial charge in [-0.05, 0) is 17.7 Å². The predicted octanol–water partition coefficient (Wildman–Crippen LogP) is 1.03. The van der Waals surface area contributed by atoms with Crippen molar-refractivity contribution in [3.8, 4) is 11.5 Å². The van der Waals surface area contributed by atoms with E-state index in [2.05, 4.69) is 0 Å². The third kappa shape index (κ3) is 1.96. The summed E-state index contributed by atoms with van der Waals surface area (Å²) in [6.45, 7) is -0.452. The second-order valence-electron chi connectivity index (χ2n) is 3.16. The smallest absolute Gasteiger partial charge is 0.271 e. The van der Waals surface area contributed by atoms with E-state index in [1.807, 2.05) is 0 Å². The van der Waals surface area contributed by atoms with Crippen molar-refractivity contribution in [2.45, 2.75) is 0 Å². The van der Waals surface area contributed by atoms with Gasteiger partial charge in [0.15, 0.2) is 11.5 Å². The third-order valence-corrected chi connectivity index (χ3v) is 2.13. The Balaban J connectivity index is 2.31. The molecule has 0 spiro atoms. The summed E-state index contributed by atoms with van der Waals surface area (Å²) >= 11 is 0. The Hall–Kier alpha value is -2.08. The largest absolute Gasteiger partial charge is 0.454 e. The maximum atomic E-state index is 10.5. The van der Waals surface area contributed by atoms with Crippen molar-refractivity contribution in [3.63, 3.8) is 0 Å². The molecule has 84 valence electrons. The quantitative estimate of drug-likeness (QED) is 0.611. The number of hydrogen-bond donors (Lipinski definition) is 1. The van der Waals surface area contributed by atoms with Crippen LogP contribution < -0.4 is 9.47 Å². The summed E-state index contributed by atoms with van der Waals surface area (Å²) in [7, 11) is 0. The van der Waals surface area contributed by atoms with Crippen molar-refractivity contribution in [2.75, 3.05) is 13.4 Å². The minimum Gasteiger partial charge on any atom is -0.454 e. The Bertz CT molecular complexity index is 455. The molecule has 2 rings (SSSR count). The van der Waals surface area contributed by atoms with Crippen molar-refractivity contribution < 1.29 is 19.5 Å². The number of nitrogens with zero attached hydrogens (tertiary/aromatic N) is 1. The van der Waals surface area contributed by atoms with Gasteiger partial charge in [-0.2, -0.15) is 0 Å². The number of rotatable bonds is 3. The van der Waals surface area contributed by atoms with Crippen LogP contribution in [-0.2, 0) is 0 Å². The van der Waals surface area contributed by atoms with Crippen molar-refractivity contribution in [1.29, 1.82) is 0 Å². The van der Waals surface area contributed by atoms with Crippen LogP contribution in [0.2, 0.25) is 0 Å². The molecule has 0 saturated carbocycles. The number of fused-ring (bicyclic) bond motifs is 1. The zero-order valence-electron chi connectivity index (χ0n) is 8.25. The van der Waals surface area contributed by atoms with Crippen LogP contribution in [0.1, 0.15) is 5.56 Å². The molecule has 1 aliphatic heterocycles. The minimum absolute atomic E-state index is 0.157. The summed E-state index contributed by atoms with van der Waals surface area (Å²) in [5, 5.41) is 19.3. The van der Waals surface area contributed by atoms with Gasteiger partial charge in [-0.15, -0.1) is 0 Å². The fraction of sp³-hybridized carbons (Fsp3) is 0.200. The first-order chi connectivity index (χ1) is 7.70. The normalized spacial score (nSPS) is 13.9. The maximum absolute atomic E-state index is 10.5. The predicted molar refractivity (Wildman–Crippen MR) is 54.6 cm³/mol. The van der Waals surface area contributed by atoms with E-state index in [1.54, 1.807) is 18.2 Å². The van der Waals surface area contributed by atoms with Crippen LogP contribution in [0.5, 0.6) is 11.5 Å². The van der Waals surface area contributed by atoms with E-state index in [4.69, 9.17) is 14.6 Å². The molecular weight excluding hydrogens is 214 g/mol. The Labute approximate surface area is 90.9 Å². The summed E-state index contributed by atoms with van der Waals surface area (Å²) in [5.74, 6) is 1.16. The van der Waals surface area contributed by atoms with Gasteiger partial charge in [0.05, 0.1) is 4.92 Å². The molecule has 1 aliphatic rings. The third-order valence-electron chi connectivity index (χ3n) is 2.13. The Morgan fingerprint density at radius 1 is 1.50 bits per heavy atom. The lowest BCUT2D eigenvalue weighted by molar-refractivity contribution is -0.428. The molecule has 0 bridgehead atoms. The van der Waals surface area contributed by atoms with E-state index in [9.17, 15) is 10.1 Å². The number of benzene rings is 1. The lowest BCUT2D eigenvalue weighted by Gasteiger charge is -1.98. The summed E-state index contributed by atoms with van der Waals surface area (Å²) < 4.78 is 10.2. The first-order valence-electron chi connectivity index (χ1n) is 4.56. The van der Waals surface area contributed by atoms with Crippen LogP contribution >= 0.6 is 0 Å². The van der Waals surface area contributed by atoms with Gasteiger partial charge in [-0.3, -0.25) is 10.1 Å². The first-order valence-corrected chi connectivity index (χ1v) is 4.56. The van der Waals surface area contributed by atoms with Crippen molar-refractivity contribution in [2.24, 2.45) is 0 Å². The molecule has 1 aromatic carbocycles. The van der Waals surface area contributed by atoms with E-state index in [-0.39, 0.29) is 12.5 Å². The number of aliphatic hydroxyl groups is 1. The molecule has 0 saturated heterocycles. The molecule has 6 heteroatoms. The van der Waals surface area contributed by atoms with Gasteiger partial charge >= 0.3 is 0 Å². The van der Waals surface area contributed by atoms with E-state index >= 15 is 0 Å². The van der Waals surface area contributed by atoms with Crippen molar-refractivity contribution in [1.82, 2.24) is 0 Å². The topological polar surface area (TPSA) is 81.8 Å². The van der Waals surface area contributed by atoms with Crippen LogP contribution in [0.15, 0.2) is 23.9 Å². The zero-order valence-corrected chi connectivity index (χ0v) is 8.25. The Kier molecular flexibility index (Phi) is 2.74. The van der Waals surface area contributed by atoms with E-state index in [1.165, 1.54) is 6.08 Å². The standard InChI is InChI=1S/C10H9NO5/c12-5-8(11(13)14)3-7-1-2-9-10(4-7)16-6-15-9/h1-4,12H,5-6H2. The van der Waals surface area contributed by atoms with Crippen molar-refractivity contribution >= 4 is 6.08 Å². The molecule has 1 N–H and O–H groups in total. The first kappa shape index (κ1) is 10.4. The molecule has 1 aromatic rings. The Morgan fingerprint density at radius 3 is 2.94 bits per heavy atom. The van der Waals surface area contributed by atoms with Gasteiger partial charge in [0.2, 0.25) is 6.79 Å². The highest BCUT2D eigenvalue weighted by Gasteiger charge is 2.14. The highest BCUT2D eigenvalue weighted by molar-refractivity contribution is 5.57. The molecule has 1 heterocycles. The van der Waals surface area contributed by atoms with Crippen LogP contribution in [0.3, 0.4) is 0 Å². The molecule has 0 atom stereocenters. The Morgan fingerprint density at radius 2 is 2.25 bits per heavy atom. The molecular formula is C10H9NO5. The van der Waals surface area contributed by atoms with Crippen molar-refractivity contribution in [3.05, 3.63) is 39.6 Å². The molecule has 0 aromatic heterocycles. The second kappa shape index (κ2) is 4.19. The lowest BCUT2D eigenvalue weighted by atomic mass is 10.2. The van der Waals surface area contributed by atoms with Gasteiger partial charge < -0.3 is 14.6 Å². The van der Waals surface area contributed by atoms with Crippen LogP contribution in [-0.4, -0.2) is 23.4 Å². The highest BCUT2D eigenvalue weighted by atomic mass is 16.7. The van der Waals surface area contributed by atoms with E-state index < -0.39 is 11.5 Å². The van der Waals surface area contributed by atoms with Gasteiger partial charge in [0, 0.05) is 6.08 Å². The molecule has 0 radical (unpaired) electrons. The maximum Gasteiger partial charge on any atom is 0.271 e. The van der Waals surface area contributed by atoms with E-state index in [0.717, 1.165) is 0 Å². The average molecular weight is 223 g/mol. The molecule has 6 nitrogen and oxygen atoms in total. The number of aliphatic hydroxyl groups excluding tert-OH is 1. The number of nitro groups is 1. The molecule has 0 aliphatic carbocycles. The van der Waals surface area contributed by atoms with E-state index in [0.29, 0.717) is 17.1 Å². The lowest BCUT2D eigenvalue weighted by Crippen LogP contribution is -2.02. The van der Waals surface area contributed by atoms with Crippen LogP contribution in [0.4, 0.5) is 0 Å². The highest BCUT2D eigenvalue weighted by Crippen LogP contribution is 2.33. The van der Waals surface area contributed by atoms with Gasteiger partial charge in [0.25, 0.3) is 5.70 Å². The second-order valence-corrected chi connectivity index (χ2v) is 3.16. The average Bonchev–Trinajstić information content (AvgIpc) is 2.72. The molecule has 16 heavy (non-hydrogen) atoms. The monoisotopic (exact) mass is 223 g/mol. The molecule has 0 amide bonds. The van der Waals surface area contributed by atoms with Gasteiger partial charge in [-0.1, -0.05) is 6.07 Å². The summed E-state index contributed by atoms with van der Waals surface area (Å²) in [5.41, 5.74) is 0.323. The fourth-order valence-electron chi connectivity index (χ4n) is 1.35. The summed E-state index contributed by atoms with van der Waals surface area (Å²) in [6, 6.07) is 4.96. The number of ether oxygens (including phenoxy) is 2. The van der Waals surface area contributed by atoms with Gasteiger partial charge in [0.1, 0.15) is 6.61 Å². The fourth-order valence-corrected chi connectivity index (χ4v) is 1.35. The number of hydrogen-bond acceptors (Lipinski definition) is 5. The summed E-state index contributed by atoms with van der Waals surface area (Å²) in [4.78, 5) is 9.87. The zero-order chi connectivity index (χ0) is 11.5. The molecule has 0 unspecified atom stereocenters. The van der Waals surface area contributed by atoms with Crippen LogP contribution in [0.25, 0.3) is 6.08 Å². The molecule has 0 fully saturated rings. The van der Waals surface area contributed by atoms with Gasteiger partial charge in [-0.25, -0.2) is 0 Å². The summed E-state index contributed by atoms with van der Waals surface area (Å²) in [6.07, 6.45) is 1.29. The SMILES string of the molecule is O=[N+]([O-])C(=Cc1ccc2c(c1)OCO2)CO. The minimum atomic E-state index is -0.620. The van der Waals surface area contributed by atoms with Crippen LogP contribution in [0, 0.1) is 10.1 Å².